The van der Waals surface area contributed by atoms with E-state index >= 15 is 0 Å². The Morgan fingerprint density at radius 2 is 1.89 bits per heavy atom. The number of amides is 1. The van der Waals surface area contributed by atoms with Crippen molar-refractivity contribution in [2.24, 2.45) is 0 Å². The number of nitrogens with zero attached hydrogens (tertiary/aromatic N) is 1. The van der Waals surface area contributed by atoms with Gasteiger partial charge in [0.1, 0.15) is 5.69 Å². The molecule has 0 aliphatic carbocycles. The van der Waals surface area contributed by atoms with Gasteiger partial charge in [0.15, 0.2) is 11.0 Å². The van der Waals surface area contributed by atoms with Crippen LogP contribution in [0.5, 0.6) is 0 Å². The summed E-state index contributed by atoms with van der Waals surface area (Å²) in [7, 11) is 0. The van der Waals surface area contributed by atoms with E-state index in [-0.39, 0.29) is 11.5 Å². The number of hydrogen-bond acceptors (Lipinski definition) is 5. The molecule has 0 fully saturated rings. The van der Waals surface area contributed by atoms with E-state index < -0.39 is 11.5 Å². The van der Waals surface area contributed by atoms with Crippen LogP contribution in [0.15, 0.2) is 70.6 Å². The number of H-pyrrole nitrogens is 1. The van der Waals surface area contributed by atoms with E-state index in [1.165, 1.54) is 11.8 Å². The van der Waals surface area contributed by atoms with Crippen LogP contribution in [0.4, 0.5) is 11.5 Å². The lowest BCUT2D eigenvalue weighted by molar-refractivity contribution is 0.102. The molecule has 1 aromatic heterocycles. The second-order valence-electron chi connectivity index (χ2n) is 6.08. The van der Waals surface area contributed by atoms with Gasteiger partial charge in [-0.15, -0.1) is 0 Å². The first-order valence-electron chi connectivity index (χ1n) is 8.65. The third kappa shape index (κ3) is 5.11. The van der Waals surface area contributed by atoms with Crippen LogP contribution in [0.25, 0.3) is 6.08 Å². The number of thioether (sulfide) groups is 1. The minimum absolute atomic E-state index is 0.0150. The lowest BCUT2D eigenvalue weighted by atomic mass is 10.1. The highest BCUT2D eigenvalue weighted by Crippen LogP contribution is 2.18. The molecule has 142 valence electrons. The number of hydrogen-bond donors (Lipinski definition) is 3. The van der Waals surface area contributed by atoms with Gasteiger partial charge in [0.05, 0.1) is 0 Å². The summed E-state index contributed by atoms with van der Waals surface area (Å²) in [5, 5.41) is 2.93. The van der Waals surface area contributed by atoms with Crippen LogP contribution in [0, 0.1) is 6.92 Å². The van der Waals surface area contributed by atoms with Gasteiger partial charge < -0.3 is 11.1 Å². The van der Waals surface area contributed by atoms with Crippen LogP contribution in [0.2, 0.25) is 0 Å². The van der Waals surface area contributed by atoms with Gasteiger partial charge in [-0.25, -0.2) is 4.98 Å². The van der Waals surface area contributed by atoms with E-state index in [9.17, 15) is 9.59 Å². The zero-order valence-electron chi connectivity index (χ0n) is 15.3. The lowest BCUT2D eigenvalue weighted by Gasteiger charge is -2.08. The number of nitrogen functional groups attached to an aromatic ring is 1. The number of benzene rings is 2. The average molecular weight is 392 g/mol. The van der Waals surface area contributed by atoms with E-state index in [4.69, 9.17) is 5.73 Å². The van der Waals surface area contributed by atoms with Crippen LogP contribution >= 0.6 is 11.8 Å². The number of aromatic amines is 1. The number of anilines is 2. The predicted molar refractivity (Wildman–Crippen MR) is 115 cm³/mol. The predicted octanol–water partition coefficient (Wildman–Crippen LogP) is 3.72. The quantitative estimate of drug-likeness (QED) is 0.438. The first kappa shape index (κ1) is 19.4. The van der Waals surface area contributed by atoms with Crippen molar-refractivity contribution in [3.63, 3.8) is 0 Å². The third-order valence-electron chi connectivity index (χ3n) is 3.90. The molecule has 3 aromatic rings. The van der Waals surface area contributed by atoms with Crippen molar-refractivity contribution in [1.29, 1.82) is 0 Å². The average Bonchev–Trinajstić information content (AvgIpc) is 2.69. The van der Waals surface area contributed by atoms with E-state index in [0.29, 0.717) is 16.5 Å². The molecule has 4 N–H and O–H groups in total. The lowest BCUT2D eigenvalue weighted by Crippen LogP contribution is -2.23. The van der Waals surface area contributed by atoms with Crippen molar-refractivity contribution in [3.05, 3.63) is 87.7 Å². The fourth-order valence-electron chi connectivity index (χ4n) is 2.42. The summed E-state index contributed by atoms with van der Waals surface area (Å²) in [6.07, 6.45) is 3.97. The summed E-state index contributed by atoms with van der Waals surface area (Å²) in [5.41, 5.74) is 7.93. The van der Waals surface area contributed by atoms with Crippen LogP contribution in [-0.2, 0) is 0 Å². The smallest absolute Gasteiger partial charge is 0.277 e. The Hall–Kier alpha value is -3.32. The van der Waals surface area contributed by atoms with Gasteiger partial charge in [0.25, 0.3) is 11.5 Å². The van der Waals surface area contributed by atoms with Crippen molar-refractivity contribution < 1.29 is 4.79 Å². The summed E-state index contributed by atoms with van der Waals surface area (Å²) in [4.78, 5) is 31.4. The molecule has 0 unspecified atom stereocenters. The number of aryl methyl sites for hydroxylation is 1. The van der Waals surface area contributed by atoms with Crippen LogP contribution in [0.3, 0.4) is 0 Å². The SMILES string of the molecule is Cc1ccc(C(=O)Nc2c(N)nc(SC/C=C/c3ccccc3)[nH]c2=O)cc1. The Bertz CT molecular complexity index is 1040. The van der Waals surface area contributed by atoms with Crippen molar-refractivity contribution in [2.75, 3.05) is 16.8 Å². The Balaban J connectivity index is 1.65. The molecule has 0 saturated heterocycles. The Kier molecular flexibility index (Phi) is 6.29. The molecular formula is C21H20N4O2S. The van der Waals surface area contributed by atoms with Crippen LogP contribution < -0.4 is 16.6 Å². The van der Waals surface area contributed by atoms with E-state index in [1.54, 1.807) is 12.1 Å². The number of carbonyl (C=O) groups is 1. The molecule has 28 heavy (non-hydrogen) atoms. The molecule has 0 bridgehead atoms. The number of aromatic nitrogens is 2. The third-order valence-corrected chi connectivity index (χ3v) is 4.73. The van der Waals surface area contributed by atoms with E-state index in [0.717, 1.165) is 11.1 Å². The Morgan fingerprint density at radius 3 is 2.57 bits per heavy atom. The molecule has 6 nitrogen and oxygen atoms in total. The van der Waals surface area contributed by atoms with Gasteiger partial charge in [-0.05, 0) is 24.6 Å². The Morgan fingerprint density at radius 1 is 1.18 bits per heavy atom. The highest BCUT2D eigenvalue weighted by molar-refractivity contribution is 7.99. The van der Waals surface area contributed by atoms with Gasteiger partial charge in [-0.1, -0.05) is 71.9 Å². The van der Waals surface area contributed by atoms with E-state index in [2.05, 4.69) is 15.3 Å². The van der Waals surface area contributed by atoms with E-state index in [1.807, 2.05) is 61.5 Å². The van der Waals surface area contributed by atoms with Crippen molar-refractivity contribution in [1.82, 2.24) is 9.97 Å². The summed E-state index contributed by atoms with van der Waals surface area (Å²) in [6, 6.07) is 16.9. The Labute approximate surface area is 166 Å². The van der Waals surface area contributed by atoms with Crippen molar-refractivity contribution in [3.8, 4) is 0 Å². The first-order valence-corrected chi connectivity index (χ1v) is 9.63. The summed E-state index contributed by atoms with van der Waals surface area (Å²) >= 11 is 1.35. The van der Waals surface area contributed by atoms with Crippen molar-refractivity contribution >= 4 is 35.3 Å². The van der Waals surface area contributed by atoms with Gasteiger partial charge in [-0.2, -0.15) is 0 Å². The fourth-order valence-corrected chi connectivity index (χ4v) is 3.10. The van der Waals surface area contributed by atoms with Gasteiger partial charge in [-0.3, -0.25) is 14.6 Å². The molecule has 0 spiro atoms. The summed E-state index contributed by atoms with van der Waals surface area (Å²) in [6.45, 7) is 1.93. The number of nitrogens with two attached hydrogens (primary N) is 1. The molecule has 0 atom stereocenters. The van der Waals surface area contributed by atoms with Crippen molar-refractivity contribution in [2.45, 2.75) is 12.1 Å². The normalized spacial score (nSPS) is 10.9. The molecule has 1 heterocycles. The monoisotopic (exact) mass is 392 g/mol. The molecule has 7 heteroatoms. The minimum Gasteiger partial charge on any atom is -0.382 e. The van der Waals surface area contributed by atoms with Crippen LogP contribution in [0.1, 0.15) is 21.5 Å². The van der Waals surface area contributed by atoms with Gasteiger partial charge in [0.2, 0.25) is 0 Å². The number of rotatable bonds is 6. The number of nitrogens with one attached hydrogen (secondary N) is 2. The summed E-state index contributed by atoms with van der Waals surface area (Å²) < 4.78 is 0. The highest BCUT2D eigenvalue weighted by atomic mass is 32.2. The fraction of sp³-hybridized carbons (Fsp3) is 0.0952. The minimum atomic E-state index is -0.484. The summed E-state index contributed by atoms with van der Waals surface area (Å²) in [5.74, 6) is 0.191. The zero-order valence-corrected chi connectivity index (χ0v) is 16.1. The molecule has 0 radical (unpaired) electrons. The molecule has 3 rings (SSSR count). The molecule has 0 aliphatic rings. The maximum atomic E-state index is 12.3. The maximum absolute atomic E-state index is 12.3. The molecule has 0 aliphatic heterocycles. The molecule has 2 aromatic carbocycles. The van der Waals surface area contributed by atoms with Crippen LogP contribution in [-0.4, -0.2) is 21.6 Å². The largest absolute Gasteiger partial charge is 0.382 e. The number of carbonyl (C=O) groups excluding carboxylic acids is 1. The second kappa shape index (κ2) is 9.05. The standard InChI is InChI=1S/C21H20N4O2S/c1-14-9-11-16(12-10-14)19(26)23-17-18(22)24-21(25-20(17)27)28-13-5-8-15-6-3-2-4-7-15/h2-12H,13H2,1H3,(H,23,26)(H3,22,24,25,27)/b8-5+. The topological polar surface area (TPSA) is 101 Å². The zero-order chi connectivity index (χ0) is 19.9. The molecular weight excluding hydrogens is 372 g/mol. The van der Waals surface area contributed by atoms with Gasteiger partial charge >= 0.3 is 0 Å². The second-order valence-corrected chi connectivity index (χ2v) is 7.08. The first-order chi connectivity index (χ1) is 13.5. The highest BCUT2D eigenvalue weighted by Gasteiger charge is 2.13. The molecule has 1 amide bonds. The molecule has 0 saturated carbocycles. The maximum Gasteiger partial charge on any atom is 0.277 e. The van der Waals surface area contributed by atoms with Gasteiger partial charge in [0, 0.05) is 11.3 Å².